The van der Waals surface area contributed by atoms with Gasteiger partial charge in [-0.2, -0.15) is 0 Å². The highest BCUT2D eigenvalue weighted by Gasteiger charge is 2.15. The van der Waals surface area contributed by atoms with Crippen LogP contribution in [0.1, 0.15) is 41.8 Å². The number of carboxylic acid groups (broad SMARTS) is 1. The maximum absolute atomic E-state index is 12.5. The third kappa shape index (κ3) is 4.23. The van der Waals surface area contributed by atoms with Gasteiger partial charge < -0.3 is 10.0 Å². The fraction of sp³-hybridized carbons (Fsp3) is 0.375. The molecule has 1 N–H and O–H groups in total. The maximum atomic E-state index is 12.5. The molecule has 0 saturated carbocycles. The van der Waals surface area contributed by atoms with Crippen molar-refractivity contribution in [1.29, 1.82) is 0 Å². The number of carboxylic acids is 1. The number of amides is 1. The lowest BCUT2D eigenvalue weighted by molar-refractivity contribution is -0.131. The molecule has 1 aromatic rings. The highest BCUT2D eigenvalue weighted by molar-refractivity contribution is 5.96. The van der Waals surface area contributed by atoms with E-state index in [1.54, 1.807) is 11.0 Å². The first-order chi connectivity index (χ1) is 9.49. The van der Waals surface area contributed by atoms with Gasteiger partial charge in [0, 0.05) is 24.7 Å². The van der Waals surface area contributed by atoms with Crippen molar-refractivity contribution in [2.75, 3.05) is 13.1 Å². The Morgan fingerprint density at radius 1 is 1.30 bits per heavy atom. The lowest BCUT2D eigenvalue weighted by Gasteiger charge is -2.21. The SMILES string of the molecule is CCCN(CC)C(=O)c1cc(C=CC(=O)O)ccc1C. The predicted octanol–water partition coefficient (Wildman–Crippen LogP) is 2.96. The van der Waals surface area contributed by atoms with Crippen molar-refractivity contribution in [1.82, 2.24) is 4.90 Å². The maximum Gasteiger partial charge on any atom is 0.328 e. The van der Waals surface area contributed by atoms with E-state index in [2.05, 4.69) is 0 Å². The van der Waals surface area contributed by atoms with Gasteiger partial charge in [-0.15, -0.1) is 0 Å². The molecule has 20 heavy (non-hydrogen) atoms. The highest BCUT2D eigenvalue weighted by Crippen LogP contribution is 2.15. The first-order valence-electron chi connectivity index (χ1n) is 6.80. The fourth-order valence-corrected chi connectivity index (χ4v) is 1.98. The summed E-state index contributed by atoms with van der Waals surface area (Å²) in [6, 6.07) is 5.39. The number of aliphatic carboxylic acids is 1. The van der Waals surface area contributed by atoms with Crippen LogP contribution in [0.15, 0.2) is 24.3 Å². The molecule has 0 spiro atoms. The second-order valence-electron chi connectivity index (χ2n) is 4.63. The number of benzene rings is 1. The Morgan fingerprint density at radius 2 is 2.00 bits per heavy atom. The van der Waals surface area contributed by atoms with Crippen LogP contribution in [0.3, 0.4) is 0 Å². The molecular weight excluding hydrogens is 254 g/mol. The van der Waals surface area contributed by atoms with Crippen LogP contribution in [-0.4, -0.2) is 35.0 Å². The minimum Gasteiger partial charge on any atom is -0.478 e. The fourth-order valence-electron chi connectivity index (χ4n) is 1.98. The summed E-state index contributed by atoms with van der Waals surface area (Å²) in [5, 5.41) is 8.64. The number of nitrogens with zero attached hydrogens (tertiary/aromatic N) is 1. The molecule has 0 atom stereocenters. The molecule has 0 aliphatic carbocycles. The molecule has 0 aliphatic rings. The molecule has 0 radical (unpaired) electrons. The van der Waals surface area contributed by atoms with Crippen LogP contribution in [0.2, 0.25) is 0 Å². The average Bonchev–Trinajstić information content (AvgIpc) is 2.43. The number of carbonyl (C=O) groups is 2. The van der Waals surface area contributed by atoms with Crippen LogP contribution < -0.4 is 0 Å². The molecule has 4 nitrogen and oxygen atoms in total. The summed E-state index contributed by atoms with van der Waals surface area (Å²) in [4.78, 5) is 24.8. The van der Waals surface area contributed by atoms with Gasteiger partial charge in [0.2, 0.25) is 0 Å². The molecule has 1 amide bonds. The molecule has 1 aromatic carbocycles. The minimum atomic E-state index is -1.00. The van der Waals surface area contributed by atoms with Gasteiger partial charge in [0.05, 0.1) is 0 Å². The van der Waals surface area contributed by atoms with Gasteiger partial charge in [0.25, 0.3) is 5.91 Å². The molecule has 0 unspecified atom stereocenters. The molecule has 0 aliphatic heterocycles. The number of aryl methyl sites for hydroxylation is 1. The monoisotopic (exact) mass is 275 g/mol. The molecule has 0 fully saturated rings. The summed E-state index contributed by atoms with van der Waals surface area (Å²) in [6.07, 6.45) is 3.48. The summed E-state index contributed by atoms with van der Waals surface area (Å²) < 4.78 is 0. The van der Waals surface area contributed by atoms with Crippen LogP contribution in [-0.2, 0) is 4.79 Å². The molecule has 0 saturated heterocycles. The third-order valence-corrected chi connectivity index (χ3v) is 3.07. The first-order valence-corrected chi connectivity index (χ1v) is 6.80. The summed E-state index contributed by atoms with van der Waals surface area (Å²) in [5.74, 6) is -1.00. The van der Waals surface area contributed by atoms with Gasteiger partial charge >= 0.3 is 5.97 Å². The van der Waals surface area contributed by atoms with Gasteiger partial charge in [0.1, 0.15) is 0 Å². The summed E-state index contributed by atoms with van der Waals surface area (Å²) in [7, 11) is 0. The molecule has 108 valence electrons. The van der Waals surface area contributed by atoms with E-state index in [4.69, 9.17) is 5.11 Å². The highest BCUT2D eigenvalue weighted by atomic mass is 16.4. The zero-order chi connectivity index (χ0) is 15.1. The lowest BCUT2D eigenvalue weighted by atomic mass is 10.0. The zero-order valence-electron chi connectivity index (χ0n) is 12.2. The Bertz CT molecular complexity index is 520. The number of hydrogen-bond acceptors (Lipinski definition) is 2. The van der Waals surface area contributed by atoms with E-state index in [1.807, 2.05) is 32.9 Å². The number of hydrogen-bond donors (Lipinski definition) is 1. The predicted molar refractivity (Wildman–Crippen MR) is 79.7 cm³/mol. The van der Waals surface area contributed by atoms with E-state index in [0.29, 0.717) is 17.7 Å². The van der Waals surface area contributed by atoms with Crippen LogP contribution in [0, 0.1) is 6.92 Å². The van der Waals surface area contributed by atoms with Gasteiger partial charge in [-0.1, -0.05) is 19.1 Å². The Hall–Kier alpha value is -2.10. The van der Waals surface area contributed by atoms with Crippen LogP contribution >= 0.6 is 0 Å². The number of carbonyl (C=O) groups excluding carboxylic acids is 1. The number of rotatable bonds is 6. The normalized spacial score (nSPS) is 10.8. The first kappa shape index (κ1) is 16.0. The molecule has 0 bridgehead atoms. The third-order valence-electron chi connectivity index (χ3n) is 3.07. The van der Waals surface area contributed by atoms with Crippen LogP contribution in [0.4, 0.5) is 0 Å². The Kier molecular flexibility index (Phi) is 5.97. The molecular formula is C16H21NO3. The second kappa shape index (κ2) is 7.48. The van der Waals surface area contributed by atoms with E-state index < -0.39 is 5.97 Å². The van der Waals surface area contributed by atoms with Gasteiger partial charge in [-0.3, -0.25) is 4.79 Å². The standard InChI is InChI=1S/C16H21NO3/c1-4-10-17(5-2)16(20)14-11-13(7-6-12(14)3)8-9-15(18)19/h6-9,11H,4-5,10H2,1-3H3,(H,18,19). The van der Waals surface area contributed by atoms with Crippen molar-refractivity contribution in [2.45, 2.75) is 27.2 Å². The van der Waals surface area contributed by atoms with E-state index in [0.717, 1.165) is 24.6 Å². The molecule has 1 rings (SSSR count). The van der Waals surface area contributed by atoms with Crippen molar-refractivity contribution in [3.05, 3.63) is 41.0 Å². The Balaban J connectivity index is 3.07. The van der Waals surface area contributed by atoms with Gasteiger partial charge in [-0.25, -0.2) is 4.79 Å². The van der Waals surface area contributed by atoms with Crippen molar-refractivity contribution >= 4 is 18.0 Å². The quantitative estimate of drug-likeness (QED) is 0.812. The van der Waals surface area contributed by atoms with E-state index in [9.17, 15) is 9.59 Å². The Labute approximate surface area is 119 Å². The minimum absolute atomic E-state index is 0.00238. The van der Waals surface area contributed by atoms with Crippen molar-refractivity contribution in [3.63, 3.8) is 0 Å². The van der Waals surface area contributed by atoms with Gasteiger partial charge in [-0.05, 0) is 43.5 Å². The topological polar surface area (TPSA) is 57.6 Å². The van der Waals surface area contributed by atoms with Crippen molar-refractivity contribution in [3.8, 4) is 0 Å². The van der Waals surface area contributed by atoms with E-state index >= 15 is 0 Å². The Morgan fingerprint density at radius 3 is 2.55 bits per heavy atom. The molecule has 0 aromatic heterocycles. The summed E-state index contributed by atoms with van der Waals surface area (Å²) in [5.41, 5.74) is 2.25. The van der Waals surface area contributed by atoms with Crippen LogP contribution in [0.25, 0.3) is 6.08 Å². The second-order valence-corrected chi connectivity index (χ2v) is 4.63. The summed E-state index contributed by atoms with van der Waals surface area (Å²) in [6.45, 7) is 7.27. The van der Waals surface area contributed by atoms with Crippen molar-refractivity contribution < 1.29 is 14.7 Å². The largest absolute Gasteiger partial charge is 0.478 e. The summed E-state index contributed by atoms with van der Waals surface area (Å²) >= 11 is 0. The van der Waals surface area contributed by atoms with E-state index in [1.165, 1.54) is 6.08 Å². The van der Waals surface area contributed by atoms with Crippen molar-refractivity contribution in [2.24, 2.45) is 0 Å². The lowest BCUT2D eigenvalue weighted by Crippen LogP contribution is -2.32. The van der Waals surface area contributed by atoms with Gasteiger partial charge in [0.15, 0.2) is 0 Å². The zero-order valence-corrected chi connectivity index (χ0v) is 12.2. The van der Waals surface area contributed by atoms with E-state index in [-0.39, 0.29) is 5.91 Å². The molecule has 0 heterocycles. The average molecular weight is 275 g/mol. The smallest absolute Gasteiger partial charge is 0.328 e. The molecule has 4 heteroatoms. The van der Waals surface area contributed by atoms with Crippen LogP contribution in [0.5, 0.6) is 0 Å².